The number of ether oxygens (including phenoxy) is 1. The molecule has 1 heterocycles. The molecule has 228 valence electrons. The van der Waals surface area contributed by atoms with E-state index < -0.39 is 12.0 Å². The molecule has 1 N–H and O–H groups in total. The van der Waals surface area contributed by atoms with Crippen molar-refractivity contribution in [2.45, 2.75) is 78.1 Å². The van der Waals surface area contributed by atoms with Crippen LogP contribution in [0, 0.1) is 0 Å². The second-order valence-corrected chi connectivity index (χ2v) is 11.9. The number of carbonyl (C=O) groups is 3. The molecule has 7 heteroatoms. The predicted molar refractivity (Wildman–Crippen MR) is 170 cm³/mol. The van der Waals surface area contributed by atoms with Crippen molar-refractivity contribution in [3.8, 4) is 5.75 Å². The molecule has 1 aliphatic heterocycles. The van der Waals surface area contributed by atoms with Gasteiger partial charge in [0.1, 0.15) is 24.2 Å². The van der Waals surface area contributed by atoms with E-state index in [2.05, 4.69) is 37.9 Å². The van der Waals surface area contributed by atoms with Crippen LogP contribution in [-0.4, -0.2) is 59.1 Å². The number of hydrogen-bond donors (Lipinski definition) is 1. The number of hydrogen-bond acceptors (Lipinski definition) is 5. The minimum Gasteiger partial charge on any atom is -0.489 e. The van der Waals surface area contributed by atoms with Crippen molar-refractivity contribution in [2.24, 2.45) is 0 Å². The largest absolute Gasteiger partial charge is 0.489 e. The van der Waals surface area contributed by atoms with Gasteiger partial charge in [-0.15, -0.1) is 0 Å². The maximum atomic E-state index is 14.2. The van der Waals surface area contributed by atoms with Crippen molar-refractivity contribution in [2.75, 3.05) is 19.6 Å². The minimum atomic E-state index is -0.802. The van der Waals surface area contributed by atoms with Crippen molar-refractivity contribution in [1.82, 2.24) is 15.1 Å². The average molecular weight is 584 g/mol. The van der Waals surface area contributed by atoms with Crippen LogP contribution in [0.2, 0.25) is 0 Å². The highest BCUT2D eigenvalue weighted by Gasteiger charge is 2.39. The molecule has 2 atom stereocenters. The first-order valence-electron chi connectivity index (χ1n) is 15.3. The summed E-state index contributed by atoms with van der Waals surface area (Å²) in [6, 6.07) is 25.0. The third-order valence-electron chi connectivity index (χ3n) is 8.11. The highest BCUT2D eigenvalue weighted by atomic mass is 16.5. The molecular formula is C36H45N3O4. The van der Waals surface area contributed by atoms with Crippen molar-refractivity contribution >= 4 is 17.6 Å². The lowest BCUT2D eigenvalue weighted by Crippen LogP contribution is -2.50. The number of ketones is 1. The van der Waals surface area contributed by atoms with Crippen LogP contribution < -0.4 is 10.1 Å². The second-order valence-electron chi connectivity index (χ2n) is 11.9. The lowest BCUT2D eigenvalue weighted by atomic mass is 9.87. The fraction of sp³-hybridized carbons (Fsp3) is 0.417. The lowest BCUT2D eigenvalue weighted by molar-refractivity contribution is -0.143. The number of benzene rings is 3. The minimum absolute atomic E-state index is 0.0664. The molecule has 4 rings (SSSR count). The summed E-state index contributed by atoms with van der Waals surface area (Å²) in [6.07, 6.45) is 0.675. The smallest absolute Gasteiger partial charge is 0.247 e. The molecule has 0 fully saturated rings. The van der Waals surface area contributed by atoms with E-state index in [0.29, 0.717) is 44.7 Å². The van der Waals surface area contributed by atoms with E-state index in [1.165, 1.54) is 6.92 Å². The summed E-state index contributed by atoms with van der Waals surface area (Å²) >= 11 is 0. The van der Waals surface area contributed by atoms with E-state index in [9.17, 15) is 14.4 Å². The van der Waals surface area contributed by atoms with E-state index in [-0.39, 0.29) is 24.0 Å². The van der Waals surface area contributed by atoms with Crippen LogP contribution in [0.25, 0.3) is 0 Å². The Kier molecular flexibility index (Phi) is 11.1. The number of amides is 2. The van der Waals surface area contributed by atoms with Gasteiger partial charge < -0.3 is 15.0 Å². The molecular weight excluding hydrogens is 538 g/mol. The third kappa shape index (κ3) is 8.32. The molecule has 2 unspecified atom stereocenters. The summed E-state index contributed by atoms with van der Waals surface area (Å²) in [7, 11) is 0. The number of nitrogens with one attached hydrogen (secondary N) is 1. The fourth-order valence-corrected chi connectivity index (χ4v) is 5.99. The van der Waals surface area contributed by atoms with Crippen LogP contribution in [0.1, 0.15) is 75.3 Å². The maximum Gasteiger partial charge on any atom is 0.247 e. The Hall–Kier alpha value is -3.97. The zero-order valence-electron chi connectivity index (χ0n) is 26.1. The standard InChI is InChI=1S/C36H45N3O4/c1-25(2)38(26(3)4)21-19-37-35(41)34-32-17-16-31(43-24-28-12-8-6-9-13-28)23-30(32)18-20-39(34)36(42)33(22-27(5)40)29-14-10-7-11-15-29/h6-17,23,25-26,33-34H,18-22,24H2,1-5H3,(H,37,41). The first kappa shape index (κ1) is 32.0. The lowest BCUT2D eigenvalue weighted by Gasteiger charge is -2.38. The molecule has 0 spiro atoms. The molecule has 7 nitrogen and oxygen atoms in total. The average Bonchev–Trinajstić information content (AvgIpc) is 3.00. The summed E-state index contributed by atoms with van der Waals surface area (Å²) in [6.45, 7) is 12.1. The van der Waals surface area contributed by atoms with Gasteiger partial charge in [-0.3, -0.25) is 19.3 Å². The summed E-state index contributed by atoms with van der Waals surface area (Å²) in [5.41, 5.74) is 3.64. The Morgan fingerprint density at radius 3 is 2.21 bits per heavy atom. The van der Waals surface area contributed by atoms with Gasteiger partial charge in [-0.1, -0.05) is 66.7 Å². The van der Waals surface area contributed by atoms with Gasteiger partial charge in [0.25, 0.3) is 0 Å². The first-order valence-corrected chi connectivity index (χ1v) is 15.3. The maximum absolute atomic E-state index is 14.2. The second kappa shape index (κ2) is 15.0. The van der Waals surface area contributed by atoms with E-state index in [1.54, 1.807) is 4.90 Å². The highest BCUT2D eigenvalue weighted by Crippen LogP contribution is 2.36. The quantitative estimate of drug-likeness (QED) is 0.280. The van der Waals surface area contributed by atoms with Crippen molar-refractivity contribution < 1.29 is 19.1 Å². The monoisotopic (exact) mass is 583 g/mol. The number of fused-ring (bicyclic) bond motifs is 1. The topological polar surface area (TPSA) is 78.9 Å². The Morgan fingerprint density at radius 1 is 0.930 bits per heavy atom. The fourth-order valence-electron chi connectivity index (χ4n) is 5.99. The molecule has 1 aliphatic rings. The summed E-state index contributed by atoms with van der Waals surface area (Å²) < 4.78 is 6.08. The van der Waals surface area contributed by atoms with Gasteiger partial charge in [-0.2, -0.15) is 0 Å². The van der Waals surface area contributed by atoms with Gasteiger partial charge in [-0.05, 0) is 75.4 Å². The molecule has 43 heavy (non-hydrogen) atoms. The SMILES string of the molecule is CC(=O)CC(C(=O)N1CCc2cc(OCc3ccccc3)ccc2C1C(=O)NCCN(C(C)C)C(C)C)c1ccccc1. The molecule has 3 aromatic carbocycles. The van der Waals surface area contributed by atoms with Crippen LogP contribution in [0.4, 0.5) is 0 Å². The van der Waals surface area contributed by atoms with Crippen molar-refractivity contribution in [1.29, 1.82) is 0 Å². The zero-order chi connectivity index (χ0) is 30.9. The summed E-state index contributed by atoms with van der Waals surface area (Å²) in [5, 5.41) is 3.13. The normalized spacial score (nSPS) is 15.3. The van der Waals surface area contributed by atoms with Crippen molar-refractivity contribution in [3.05, 3.63) is 101 Å². The third-order valence-corrected chi connectivity index (χ3v) is 8.11. The molecule has 0 saturated carbocycles. The molecule has 0 aliphatic carbocycles. The Bertz CT molecular complexity index is 1370. The van der Waals surface area contributed by atoms with E-state index in [0.717, 1.165) is 28.0 Å². The Morgan fingerprint density at radius 2 is 1.58 bits per heavy atom. The van der Waals surface area contributed by atoms with E-state index in [4.69, 9.17) is 4.74 Å². The Balaban J connectivity index is 1.61. The molecule has 2 amide bonds. The van der Waals surface area contributed by atoms with E-state index >= 15 is 0 Å². The van der Waals surface area contributed by atoms with E-state index in [1.807, 2.05) is 78.9 Å². The Labute approximate surface area is 256 Å². The van der Waals surface area contributed by atoms with Gasteiger partial charge in [0.15, 0.2) is 0 Å². The molecule has 0 bridgehead atoms. The predicted octanol–water partition coefficient (Wildman–Crippen LogP) is 5.69. The van der Waals surface area contributed by atoms with Gasteiger partial charge in [0.2, 0.25) is 11.8 Å². The molecule has 0 aromatic heterocycles. The van der Waals surface area contributed by atoms with Crippen LogP contribution in [0.15, 0.2) is 78.9 Å². The number of Topliss-reactive ketones (excluding diaryl/α,β-unsaturated/α-hetero) is 1. The number of rotatable bonds is 13. The first-order chi connectivity index (χ1) is 20.7. The summed E-state index contributed by atoms with van der Waals surface area (Å²) in [5.74, 6) is -0.411. The van der Waals surface area contributed by atoms with Crippen LogP contribution in [0.3, 0.4) is 0 Å². The zero-order valence-corrected chi connectivity index (χ0v) is 26.1. The molecule has 0 saturated heterocycles. The van der Waals surface area contributed by atoms with Gasteiger partial charge >= 0.3 is 0 Å². The van der Waals surface area contributed by atoms with Gasteiger partial charge in [0.05, 0.1) is 5.92 Å². The molecule has 3 aromatic rings. The highest BCUT2D eigenvalue weighted by molar-refractivity contribution is 5.94. The number of carbonyl (C=O) groups excluding carboxylic acids is 3. The van der Waals surface area contributed by atoms with Gasteiger partial charge in [-0.25, -0.2) is 0 Å². The van der Waals surface area contributed by atoms with Crippen molar-refractivity contribution in [3.63, 3.8) is 0 Å². The molecule has 0 radical (unpaired) electrons. The number of nitrogens with zero attached hydrogens (tertiary/aromatic N) is 2. The van der Waals surface area contributed by atoms with Crippen LogP contribution in [-0.2, 0) is 27.4 Å². The van der Waals surface area contributed by atoms with Crippen LogP contribution >= 0.6 is 0 Å². The van der Waals surface area contributed by atoms with Gasteiger partial charge in [0, 0.05) is 38.1 Å². The summed E-state index contributed by atoms with van der Waals surface area (Å²) in [4.78, 5) is 44.4. The van der Waals surface area contributed by atoms with Crippen LogP contribution in [0.5, 0.6) is 5.75 Å².